The summed E-state index contributed by atoms with van der Waals surface area (Å²) in [5, 5.41) is 2.44. The smallest absolute Gasteiger partial charge is 0.225 e. The highest BCUT2D eigenvalue weighted by Gasteiger charge is 2.30. The Morgan fingerprint density at radius 3 is 2.52 bits per heavy atom. The predicted octanol–water partition coefficient (Wildman–Crippen LogP) is 3.07. The first-order valence-electron chi connectivity index (χ1n) is 8.70. The lowest BCUT2D eigenvalue weighted by atomic mass is 9.95. The fraction of sp³-hybridized carbons (Fsp3) is 0.474. The zero-order valence-corrected chi connectivity index (χ0v) is 13.4. The van der Waals surface area contributed by atoms with Crippen LogP contribution in [0.5, 0.6) is 0 Å². The normalized spacial score (nSPS) is 19.5. The lowest BCUT2D eigenvalue weighted by Gasteiger charge is -2.34. The number of pyridine rings is 1. The van der Waals surface area contributed by atoms with Crippen molar-refractivity contribution in [1.82, 2.24) is 9.88 Å². The first-order valence-corrected chi connectivity index (χ1v) is 8.70. The van der Waals surface area contributed by atoms with Crippen molar-refractivity contribution in [3.63, 3.8) is 0 Å². The second-order valence-electron chi connectivity index (χ2n) is 6.65. The van der Waals surface area contributed by atoms with Crippen molar-refractivity contribution in [2.45, 2.75) is 25.7 Å². The van der Waals surface area contributed by atoms with Gasteiger partial charge in [-0.3, -0.25) is 4.79 Å². The van der Waals surface area contributed by atoms with Gasteiger partial charge in [-0.05, 0) is 37.1 Å². The number of likely N-dealkylation sites (tertiary alicyclic amines) is 1. The van der Waals surface area contributed by atoms with Gasteiger partial charge >= 0.3 is 0 Å². The van der Waals surface area contributed by atoms with Crippen molar-refractivity contribution in [3.05, 3.63) is 36.5 Å². The number of carbonyl (C=O) groups is 1. The van der Waals surface area contributed by atoms with Crippen molar-refractivity contribution in [2.75, 3.05) is 31.1 Å². The minimum atomic E-state index is 0.208. The quantitative estimate of drug-likeness (QED) is 0.855. The molecule has 0 N–H and O–H groups in total. The van der Waals surface area contributed by atoms with E-state index in [1.54, 1.807) is 0 Å². The van der Waals surface area contributed by atoms with Crippen molar-refractivity contribution >= 4 is 22.5 Å². The number of benzene rings is 1. The first kappa shape index (κ1) is 14.5. The molecule has 2 aliphatic rings. The van der Waals surface area contributed by atoms with E-state index in [0.717, 1.165) is 44.8 Å². The molecule has 4 rings (SSSR count). The molecule has 0 aliphatic carbocycles. The summed E-state index contributed by atoms with van der Waals surface area (Å²) in [6.07, 6.45) is 6.12. The average molecular weight is 309 g/mol. The molecule has 0 unspecified atom stereocenters. The molecule has 23 heavy (non-hydrogen) atoms. The van der Waals surface area contributed by atoms with Crippen LogP contribution in [-0.2, 0) is 4.79 Å². The fourth-order valence-corrected chi connectivity index (χ4v) is 3.89. The highest BCUT2D eigenvalue weighted by molar-refractivity contribution is 5.92. The lowest BCUT2D eigenvalue weighted by Crippen LogP contribution is -2.42. The summed E-state index contributed by atoms with van der Waals surface area (Å²) in [5.74, 6) is 1.66. The number of rotatable bonds is 2. The van der Waals surface area contributed by atoms with E-state index in [9.17, 15) is 4.79 Å². The maximum absolute atomic E-state index is 12.5. The van der Waals surface area contributed by atoms with Crippen LogP contribution >= 0.6 is 0 Å². The number of hydrogen-bond acceptors (Lipinski definition) is 3. The molecule has 0 radical (unpaired) electrons. The van der Waals surface area contributed by atoms with Gasteiger partial charge < -0.3 is 9.80 Å². The summed E-state index contributed by atoms with van der Waals surface area (Å²) in [5.41, 5.74) is 0. The van der Waals surface area contributed by atoms with Gasteiger partial charge in [0.05, 0.1) is 0 Å². The third kappa shape index (κ3) is 2.78. The maximum atomic E-state index is 12.5. The molecule has 1 amide bonds. The van der Waals surface area contributed by atoms with Crippen molar-refractivity contribution in [1.29, 1.82) is 0 Å². The topological polar surface area (TPSA) is 36.4 Å². The van der Waals surface area contributed by atoms with Gasteiger partial charge in [0, 0.05) is 43.7 Å². The van der Waals surface area contributed by atoms with Gasteiger partial charge in [-0.1, -0.05) is 24.3 Å². The molecule has 1 aromatic heterocycles. The molecule has 3 heterocycles. The highest BCUT2D eigenvalue weighted by atomic mass is 16.2. The summed E-state index contributed by atoms with van der Waals surface area (Å²) < 4.78 is 0. The van der Waals surface area contributed by atoms with E-state index in [4.69, 9.17) is 0 Å². The number of nitrogens with zero attached hydrogens (tertiary/aromatic N) is 3. The van der Waals surface area contributed by atoms with E-state index in [-0.39, 0.29) is 5.92 Å². The molecule has 2 fully saturated rings. The molecular weight excluding hydrogens is 286 g/mol. The van der Waals surface area contributed by atoms with E-state index in [0.29, 0.717) is 5.91 Å². The number of piperidine rings is 1. The minimum Gasteiger partial charge on any atom is -0.356 e. The van der Waals surface area contributed by atoms with Crippen LogP contribution in [0.25, 0.3) is 10.8 Å². The predicted molar refractivity (Wildman–Crippen MR) is 92.5 cm³/mol. The van der Waals surface area contributed by atoms with Gasteiger partial charge in [-0.15, -0.1) is 0 Å². The zero-order valence-electron chi connectivity index (χ0n) is 13.4. The van der Waals surface area contributed by atoms with Crippen LogP contribution < -0.4 is 4.90 Å². The summed E-state index contributed by atoms with van der Waals surface area (Å²) >= 11 is 0. The summed E-state index contributed by atoms with van der Waals surface area (Å²) in [4.78, 5) is 21.6. The van der Waals surface area contributed by atoms with Crippen molar-refractivity contribution < 1.29 is 4.79 Å². The Morgan fingerprint density at radius 2 is 1.74 bits per heavy atom. The summed E-state index contributed by atoms with van der Waals surface area (Å²) in [6, 6.07) is 10.5. The second-order valence-corrected chi connectivity index (χ2v) is 6.65. The van der Waals surface area contributed by atoms with Crippen molar-refractivity contribution in [2.24, 2.45) is 5.92 Å². The molecule has 2 aromatic rings. The van der Waals surface area contributed by atoms with E-state index in [1.165, 1.54) is 23.6 Å². The van der Waals surface area contributed by atoms with E-state index < -0.39 is 0 Å². The molecule has 1 aromatic carbocycles. The molecule has 0 spiro atoms. The van der Waals surface area contributed by atoms with Crippen LogP contribution in [-0.4, -0.2) is 42.0 Å². The molecule has 0 saturated carbocycles. The van der Waals surface area contributed by atoms with Crippen LogP contribution in [0.3, 0.4) is 0 Å². The Balaban J connectivity index is 1.47. The maximum Gasteiger partial charge on any atom is 0.225 e. The molecular formula is C19H23N3O. The SMILES string of the molecule is O=C(C1CCN(c2nccc3ccccc23)CC1)N1CCCC1. The Bertz CT molecular complexity index is 695. The van der Waals surface area contributed by atoms with Gasteiger partial charge in [-0.2, -0.15) is 0 Å². The van der Waals surface area contributed by atoms with Crippen molar-refractivity contribution in [3.8, 4) is 0 Å². The van der Waals surface area contributed by atoms with Gasteiger partial charge in [0.2, 0.25) is 5.91 Å². The largest absolute Gasteiger partial charge is 0.356 e. The molecule has 4 nitrogen and oxygen atoms in total. The van der Waals surface area contributed by atoms with Crippen LogP contribution in [0, 0.1) is 5.92 Å². The number of aromatic nitrogens is 1. The fourth-order valence-electron chi connectivity index (χ4n) is 3.89. The van der Waals surface area contributed by atoms with Crippen LogP contribution in [0.1, 0.15) is 25.7 Å². The molecule has 0 bridgehead atoms. The highest BCUT2D eigenvalue weighted by Crippen LogP contribution is 2.29. The van der Waals surface area contributed by atoms with Gasteiger partial charge in [0.25, 0.3) is 0 Å². The average Bonchev–Trinajstić information content (AvgIpc) is 3.15. The third-order valence-electron chi connectivity index (χ3n) is 5.21. The van der Waals surface area contributed by atoms with Gasteiger partial charge in [-0.25, -0.2) is 4.98 Å². The number of hydrogen-bond donors (Lipinski definition) is 0. The first-order chi connectivity index (χ1) is 11.3. The minimum absolute atomic E-state index is 0.208. The lowest BCUT2D eigenvalue weighted by molar-refractivity contribution is -0.135. The Labute approximate surface area is 137 Å². The van der Waals surface area contributed by atoms with E-state index >= 15 is 0 Å². The van der Waals surface area contributed by atoms with Crippen LogP contribution in [0.2, 0.25) is 0 Å². The summed E-state index contributed by atoms with van der Waals surface area (Å²) in [7, 11) is 0. The third-order valence-corrected chi connectivity index (χ3v) is 5.21. The molecule has 0 atom stereocenters. The van der Waals surface area contributed by atoms with E-state index in [1.807, 2.05) is 6.20 Å². The Hall–Kier alpha value is -2.10. The summed E-state index contributed by atoms with van der Waals surface area (Å²) in [6.45, 7) is 3.77. The monoisotopic (exact) mass is 309 g/mol. The Morgan fingerprint density at radius 1 is 1.00 bits per heavy atom. The molecule has 2 aliphatic heterocycles. The number of amides is 1. The van der Waals surface area contributed by atoms with Gasteiger partial charge in [0.15, 0.2) is 0 Å². The zero-order chi connectivity index (χ0) is 15.6. The Kier molecular flexibility index (Phi) is 3.90. The van der Waals surface area contributed by atoms with Crippen LogP contribution in [0.15, 0.2) is 36.5 Å². The van der Waals surface area contributed by atoms with Crippen LogP contribution in [0.4, 0.5) is 5.82 Å². The number of carbonyl (C=O) groups excluding carboxylic acids is 1. The van der Waals surface area contributed by atoms with Gasteiger partial charge in [0.1, 0.15) is 5.82 Å². The van der Waals surface area contributed by atoms with E-state index in [2.05, 4.69) is 45.1 Å². The standard InChI is InChI=1S/C19H23N3O/c23-19(22-11-3-4-12-22)16-8-13-21(14-9-16)18-17-6-2-1-5-15(17)7-10-20-18/h1-2,5-7,10,16H,3-4,8-9,11-14H2. The number of fused-ring (bicyclic) bond motifs is 1. The second kappa shape index (κ2) is 6.19. The molecule has 2 saturated heterocycles. The number of anilines is 1. The molecule has 120 valence electrons. The molecule has 4 heteroatoms.